The molecule has 0 radical (unpaired) electrons. The van der Waals surface area contributed by atoms with Gasteiger partial charge in [0.05, 0.1) is 11.5 Å². The Morgan fingerprint density at radius 1 is 0.971 bits per heavy atom. The summed E-state index contributed by atoms with van der Waals surface area (Å²) in [6, 6.07) is 22.1. The first-order chi connectivity index (χ1) is 16.9. The van der Waals surface area contributed by atoms with Crippen LogP contribution in [0.1, 0.15) is 35.7 Å². The van der Waals surface area contributed by atoms with Gasteiger partial charge in [0.1, 0.15) is 5.75 Å². The standard InChI is InChI=1S/C27H28N2O5S/c1-2-28-35(31,32)24-11-8-20(9-12-24)22-10-13-25-23(18-22)19-33-27(34-25)14-16-29(17-15-27)26(30)21-6-4-3-5-7-21/h3-13,18,28H,2,14-17,19H2,1H3. The van der Waals surface area contributed by atoms with Crippen molar-refractivity contribution in [2.24, 2.45) is 0 Å². The molecule has 3 aromatic rings. The van der Waals surface area contributed by atoms with Gasteiger partial charge in [0.25, 0.3) is 5.91 Å². The molecule has 8 heteroatoms. The van der Waals surface area contributed by atoms with Crippen molar-refractivity contribution in [1.29, 1.82) is 0 Å². The maximum atomic E-state index is 12.8. The molecule has 1 fully saturated rings. The van der Waals surface area contributed by atoms with E-state index in [0.717, 1.165) is 22.4 Å². The van der Waals surface area contributed by atoms with Gasteiger partial charge in [-0.1, -0.05) is 43.3 Å². The molecule has 1 amide bonds. The van der Waals surface area contributed by atoms with Crippen LogP contribution < -0.4 is 9.46 Å². The van der Waals surface area contributed by atoms with Crippen LogP contribution in [0.3, 0.4) is 0 Å². The number of hydrogen-bond donors (Lipinski definition) is 1. The zero-order chi connectivity index (χ0) is 24.5. The normalized spacial score (nSPS) is 17.0. The molecule has 5 rings (SSSR count). The molecule has 35 heavy (non-hydrogen) atoms. The van der Waals surface area contributed by atoms with Crippen molar-refractivity contribution >= 4 is 15.9 Å². The van der Waals surface area contributed by atoms with E-state index >= 15 is 0 Å². The van der Waals surface area contributed by atoms with Gasteiger partial charge >= 0.3 is 0 Å². The quantitative estimate of drug-likeness (QED) is 0.577. The van der Waals surface area contributed by atoms with Crippen molar-refractivity contribution in [3.05, 3.63) is 83.9 Å². The van der Waals surface area contributed by atoms with Crippen LogP contribution >= 0.6 is 0 Å². The minimum atomic E-state index is -3.48. The first-order valence-corrected chi connectivity index (χ1v) is 13.3. The topological polar surface area (TPSA) is 84.9 Å². The zero-order valence-electron chi connectivity index (χ0n) is 19.6. The average molecular weight is 493 g/mol. The third-order valence-electron chi connectivity index (χ3n) is 6.51. The van der Waals surface area contributed by atoms with Crippen molar-refractivity contribution in [2.75, 3.05) is 19.6 Å². The van der Waals surface area contributed by atoms with Gasteiger partial charge in [0.2, 0.25) is 15.8 Å². The highest BCUT2D eigenvalue weighted by atomic mass is 32.2. The molecule has 2 heterocycles. The number of piperidine rings is 1. The number of nitrogens with one attached hydrogen (secondary N) is 1. The molecule has 2 aliphatic rings. The van der Waals surface area contributed by atoms with E-state index in [1.165, 1.54) is 0 Å². The molecule has 1 spiro atoms. The van der Waals surface area contributed by atoms with Crippen LogP contribution in [0.25, 0.3) is 11.1 Å². The van der Waals surface area contributed by atoms with Gasteiger partial charge in [0.15, 0.2) is 0 Å². The van der Waals surface area contributed by atoms with Crippen LogP contribution in [0.4, 0.5) is 0 Å². The van der Waals surface area contributed by atoms with Crippen molar-refractivity contribution < 1.29 is 22.7 Å². The summed E-state index contributed by atoms with van der Waals surface area (Å²) < 4.78 is 39.4. The molecule has 0 atom stereocenters. The molecule has 1 N–H and O–H groups in total. The molecule has 2 aliphatic heterocycles. The van der Waals surface area contributed by atoms with E-state index in [4.69, 9.17) is 9.47 Å². The summed E-state index contributed by atoms with van der Waals surface area (Å²) in [5, 5.41) is 0. The lowest BCUT2D eigenvalue weighted by molar-refractivity contribution is -0.225. The number of sulfonamides is 1. The summed E-state index contributed by atoms with van der Waals surface area (Å²) in [6.07, 6.45) is 1.21. The number of ether oxygens (including phenoxy) is 2. The van der Waals surface area contributed by atoms with Crippen LogP contribution in [0.15, 0.2) is 77.7 Å². The van der Waals surface area contributed by atoms with Crippen LogP contribution in [0.2, 0.25) is 0 Å². The predicted octanol–water partition coefficient (Wildman–Crippen LogP) is 4.19. The van der Waals surface area contributed by atoms with Gasteiger partial charge in [0, 0.05) is 43.6 Å². The minimum absolute atomic E-state index is 0.0330. The number of hydrogen-bond acceptors (Lipinski definition) is 5. The highest BCUT2D eigenvalue weighted by Crippen LogP contribution is 2.39. The number of nitrogens with zero attached hydrogens (tertiary/aromatic N) is 1. The summed E-state index contributed by atoms with van der Waals surface area (Å²) in [4.78, 5) is 14.9. The third kappa shape index (κ3) is 4.82. The monoisotopic (exact) mass is 492 g/mol. The van der Waals surface area contributed by atoms with Gasteiger partial charge in [-0.2, -0.15) is 0 Å². The fourth-order valence-electron chi connectivity index (χ4n) is 4.57. The number of fused-ring (bicyclic) bond motifs is 1. The second-order valence-electron chi connectivity index (χ2n) is 8.81. The molecule has 0 saturated carbocycles. The van der Waals surface area contributed by atoms with Gasteiger partial charge in [-0.15, -0.1) is 0 Å². The van der Waals surface area contributed by atoms with E-state index in [-0.39, 0.29) is 10.8 Å². The molecule has 0 unspecified atom stereocenters. The molecule has 3 aromatic carbocycles. The Balaban J connectivity index is 1.26. The van der Waals surface area contributed by atoms with Crippen LogP contribution in [0, 0.1) is 0 Å². The Hall–Kier alpha value is -3.20. The SMILES string of the molecule is CCNS(=O)(=O)c1ccc(-c2ccc3c(c2)COC2(CCN(C(=O)c4ccccc4)CC2)O3)cc1. The number of rotatable bonds is 5. The Morgan fingerprint density at radius 2 is 1.66 bits per heavy atom. The van der Waals surface area contributed by atoms with Gasteiger partial charge in [-0.3, -0.25) is 4.79 Å². The second-order valence-corrected chi connectivity index (χ2v) is 10.6. The Morgan fingerprint density at radius 3 is 2.34 bits per heavy atom. The number of carbonyl (C=O) groups excluding carboxylic acids is 1. The smallest absolute Gasteiger partial charge is 0.253 e. The number of likely N-dealkylation sites (tertiary alicyclic amines) is 1. The highest BCUT2D eigenvalue weighted by Gasteiger charge is 2.42. The van der Waals surface area contributed by atoms with Gasteiger partial charge < -0.3 is 14.4 Å². The van der Waals surface area contributed by atoms with E-state index in [1.807, 2.05) is 53.4 Å². The molecule has 0 aliphatic carbocycles. The highest BCUT2D eigenvalue weighted by molar-refractivity contribution is 7.89. The van der Waals surface area contributed by atoms with Crippen molar-refractivity contribution in [3.8, 4) is 16.9 Å². The minimum Gasteiger partial charge on any atom is -0.462 e. The zero-order valence-corrected chi connectivity index (χ0v) is 20.4. The van der Waals surface area contributed by atoms with E-state index in [9.17, 15) is 13.2 Å². The van der Waals surface area contributed by atoms with E-state index in [2.05, 4.69) is 4.72 Å². The van der Waals surface area contributed by atoms with Crippen molar-refractivity contribution in [1.82, 2.24) is 9.62 Å². The molecular weight excluding hydrogens is 464 g/mol. The molecular formula is C27H28N2O5S. The van der Waals surface area contributed by atoms with Gasteiger partial charge in [-0.05, 0) is 47.5 Å². The molecule has 0 bridgehead atoms. The Labute approximate surface area is 205 Å². The Bertz CT molecular complexity index is 1320. The van der Waals surface area contributed by atoms with Crippen molar-refractivity contribution in [3.63, 3.8) is 0 Å². The van der Waals surface area contributed by atoms with E-state index < -0.39 is 15.8 Å². The van der Waals surface area contributed by atoms with Crippen LogP contribution in [0.5, 0.6) is 5.75 Å². The van der Waals surface area contributed by atoms with Gasteiger partial charge in [-0.25, -0.2) is 13.1 Å². The lowest BCUT2D eigenvalue weighted by atomic mass is 9.98. The Kier molecular flexibility index (Phi) is 6.35. The van der Waals surface area contributed by atoms with Crippen molar-refractivity contribution in [2.45, 2.75) is 37.1 Å². The molecule has 7 nitrogen and oxygen atoms in total. The number of amides is 1. The van der Waals surface area contributed by atoms with E-state index in [1.54, 1.807) is 31.2 Å². The molecule has 182 valence electrons. The summed E-state index contributed by atoms with van der Waals surface area (Å²) >= 11 is 0. The van der Waals surface area contributed by atoms with Crippen LogP contribution in [-0.4, -0.2) is 44.6 Å². The maximum Gasteiger partial charge on any atom is 0.253 e. The summed E-state index contributed by atoms with van der Waals surface area (Å²) in [6.45, 7) is 3.66. The van der Waals surface area contributed by atoms with Crippen LogP contribution in [-0.2, 0) is 21.4 Å². The summed E-state index contributed by atoms with van der Waals surface area (Å²) in [5.41, 5.74) is 3.51. The fourth-order valence-corrected chi connectivity index (χ4v) is 5.61. The summed E-state index contributed by atoms with van der Waals surface area (Å²) in [5.74, 6) is 0.101. The first kappa shape index (κ1) is 23.5. The average Bonchev–Trinajstić information content (AvgIpc) is 2.89. The van der Waals surface area contributed by atoms with E-state index in [0.29, 0.717) is 44.6 Å². The maximum absolute atomic E-state index is 12.8. The third-order valence-corrected chi connectivity index (χ3v) is 8.07. The molecule has 1 saturated heterocycles. The first-order valence-electron chi connectivity index (χ1n) is 11.8. The second kappa shape index (κ2) is 9.45. The lowest BCUT2D eigenvalue weighted by Crippen LogP contribution is -2.52. The largest absolute Gasteiger partial charge is 0.462 e. The molecule has 0 aromatic heterocycles. The number of carbonyl (C=O) groups is 1. The number of benzene rings is 3. The fraction of sp³-hybridized carbons (Fsp3) is 0.296. The predicted molar refractivity (Wildman–Crippen MR) is 132 cm³/mol. The summed E-state index contributed by atoms with van der Waals surface area (Å²) in [7, 11) is -3.48. The lowest BCUT2D eigenvalue weighted by Gasteiger charge is -2.44.